The van der Waals surface area contributed by atoms with Crippen molar-refractivity contribution in [1.82, 2.24) is 4.98 Å². The number of benzene rings is 1. The van der Waals surface area contributed by atoms with Crippen LogP contribution in [0.5, 0.6) is 5.75 Å². The summed E-state index contributed by atoms with van der Waals surface area (Å²) in [6.07, 6.45) is 0. The third-order valence-corrected chi connectivity index (χ3v) is 3.24. The van der Waals surface area contributed by atoms with Crippen molar-refractivity contribution < 1.29 is 4.74 Å². The fraction of sp³-hybridized carbons (Fsp3) is 0.214. The number of ether oxygens (including phenoxy) is 1. The molecular weight excluding hydrogens is 262 g/mol. The number of nitrogens with zero attached hydrogens (tertiary/aromatic N) is 2. The standard InChI is InChI=1S/C14H16ClN3O/c1-18(10-3-5-11(19-2)6-4-10)14-8-7-12(15)13(9-16)17-14/h3-8H,9,16H2,1-2H3. The SMILES string of the molecule is COc1ccc(N(C)c2ccc(Cl)c(CN)n2)cc1. The molecule has 0 saturated heterocycles. The Morgan fingerprint density at radius 1 is 1.21 bits per heavy atom. The molecule has 2 rings (SSSR count). The van der Waals surface area contributed by atoms with Crippen LogP contribution < -0.4 is 15.4 Å². The van der Waals surface area contributed by atoms with E-state index in [1.807, 2.05) is 48.3 Å². The Morgan fingerprint density at radius 2 is 1.89 bits per heavy atom. The van der Waals surface area contributed by atoms with E-state index in [9.17, 15) is 0 Å². The van der Waals surface area contributed by atoms with Gasteiger partial charge in [-0.1, -0.05) is 11.6 Å². The first-order chi connectivity index (χ1) is 9.15. The number of anilines is 2. The van der Waals surface area contributed by atoms with Gasteiger partial charge < -0.3 is 15.4 Å². The summed E-state index contributed by atoms with van der Waals surface area (Å²) in [5, 5.41) is 0.592. The molecule has 4 nitrogen and oxygen atoms in total. The smallest absolute Gasteiger partial charge is 0.133 e. The second-order valence-electron chi connectivity index (χ2n) is 4.06. The van der Waals surface area contributed by atoms with Crippen molar-refractivity contribution in [3.05, 3.63) is 47.1 Å². The van der Waals surface area contributed by atoms with E-state index in [0.29, 0.717) is 17.3 Å². The van der Waals surface area contributed by atoms with E-state index in [2.05, 4.69) is 4.98 Å². The molecule has 1 heterocycles. The molecular formula is C14H16ClN3O. The molecule has 0 aliphatic heterocycles. The molecule has 0 fully saturated rings. The summed E-state index contributed by atoms with van der Waals surface area (Å²) >= 11 is 6.01. The first kappa shape index (κ1) is 13.6. The molecule has 100 valence electrons. The number of halogens is 1. The zero-order chi connectivity index (χ0) is 13.8. The highest BCUT2D eigenvalue weighted by molar-refractivity contribution is 6.31. The Labute approximate surface area is 117 Å². The summed E-state index contributed by atoms with van der Waals surface area (Å²) in [6, 6.07) is 11.4. The normalized spacial score (nSPS) is 10.3. The number of rotatable bonds is 4. The lowest BCUT2D eigenvalue weighted by Crippen LogP contribution is -2.13. The van der Waals surface area contributed by atoms with Gasteiger partial charge in [0, 0.05) is 19.3 Å². The van der Waals surface area contributed by atoms with Crippen molar-refractivity contribution in [3.63, 3.8) is 0 Å². The van der Waals surface area contributed by atoms with E-state index in [1.54, 1.807) is 7.11 Å². The van der Waals surface area contributed by atoms with Gasteiger partial charge in [0.1, 0.15) is 11.6 Å². The minimum atomic E-state index is 0.323. The van der Waals surface area contributed by atoms with Gasteiger partial charge in [-0.25, -0.2) is 4.98 Å². The molecule has 1 aromatic heterocycles. The lowest BCUT2D eigenvalue weighted by atomic mass is 10.2. The van der Waals surface area contributed by atoms with E-state index >= 15 is 0 Å². The van der Waals surface area contributed by atoms with Crippen LogP contribution in [0.15, 0.2) is 36.4 Å². The predicted molar refractivity (Wildman–Crippen MR) is 78.2 cm³/mol. The summed E-state index contributed by atoms with van der Waals surface area (Å²) in [7, 11) is 3.59. The molecule has 0 spiro atoms. The molecule has 0 atom stereocenters. The average molecular weight is 278 g/mol. The van der Waals surface area contributed by atoms with Crippen LogP contribution in [-0.2, 0) is 6.54 Å². The van der Waals surface area contributed by atoms with Crippen LogP contribution in [0.3, 0.4) is 0 Å². The van der Waals surface area contributed by atoms with E-state index in [1.165, 1.54) is 0 Å². The number of pyridine rings is 1. The highest BCUT2D eigenvalue weighted by Gasteiger charge is 2.08. The highest BCUT2D eigenvalue weighted by Crippen LogP contribution is 2.26. The largest absolute Gasteiger partial charge is 0.497 e. The summed E-state index contributed by atoms with van der Waals surface area (Å²) in [6.45, 7) is 0.323. The van der Waals surface area contributed by atoms with Crippen LogP contribution in [0, 0.1) is 0 Å². The molecule has 1 aromatic carbocycles. The van der Waals surface area contributed by atoms with Crippen LogP contribution >= 0.6 is 11.6 Å². The second-order valence-corrected chi connectivity index (χ2v) is 4.47. The Bertz CT molecular complexity index is 557. The lowest BCUT2D eigenvalue weighted by Gasteiger charge is -2.19. The molecule has 0 aliphatic rings. The third-order valence-electron chi connectivity index (χ3n) is 2.90. The first-order valence-corrected chi connectivity index (χ1v) is 6.26. The van der Waals surface area contributed by atoms with Gasteiger partial charge in [0.15, 0.2) is 0 Å². The van der Waals surface area contributed by atoms with Crippen LogP contribution in [0.2, 0.25) is 5.02 Å². The average Bonchev–Trinajstić information content (AvgIpc) is 2.47. The molecule has 2 aromatic rings. The Balaban J connectivity index is 2.29. The van der Waals surface area contributed by atoms with E-state index in [4.69, 9.17) is 22.1 Å². The van der Waals surface area contributed by atoms with Gasteiger partial charge in [-0.05, 0) is 36.4 Å². The molecule has 0 saturated carbocycles. The molecule has 0 amide bonds. The molecule has 0 unspecified atom stereocenters. The van der Waals surface area contributed by atoms with Crippen molar-refractivity contribution in [2.24, 2.45) is 5.73 Å². The van der Waals surface area contributed by atoms with Crippen molar-refractivity contribution in [2.45, 2.75) is 6.54 Å². The van der Waals surface area contributed by atoms with E-state index < -0.39 is 0 Å². The second kappa shape index (κ2) is 5.91. The molecule has 19 heavy (non-hydrogen) atoms. The maximum absolute atomic E-state index is 6.01. The Morgan fingerprint density at radius 3 is 2.47 bits per heavy atom. The Hall–Kier alpha value is -1.78. The zero-order valence-corrected chi connectivity index (χ0v) is 11.7. The highest BCUT2D eigenvalue weighted by atomic mass is 35.5. The van der Waals surface area contributed by atoms with Gasteiger partial charge in [0.05, 0.1) is 17.8 Å². The number of hydrogen-bond acceptors (Lipinski definition) is 4. The summed E-state index contributed by atoms with van der Waals surface area (Å²) in [5.41, 5.74) is 7.32. The van der Waals surface area contributed by atoms with Crippen LogP contribution in [0.1, 0.15) is 5.69 Å². The van der Waals surface area contributed by atoms with E-state index in [0.717, 1.165) is 17.3 Å². The molecule has 0 bridgehead atoms. The van der Waals surface area contributed by atoms with Crippen molar-refractivity contribution >= 4 is 23.1 Å². The summed E-state index contributed by atoms with van der Waals surface area (Å²) in [5.74, 6) is 1.62. The van der Waals surface area contributed by atoms with Crippen molar-refractivity contribution in [1.29, 1.82) is 0 Å². The first-order valence-electron chi connectivity index (χ1n) is 5.89. The minimum Gasteiger partial charge on any atom is -0.497 e. The molecule has 0 radical (unpaired) electrons. The number of methoxy groups -OCH3 is 1. The van der Waals surface area contributed by atoms with E-state index in [-0.39, 0.29) is 0 Å². The van der Waals surface area contributed by atoms with Gasteiger partial charge in [0.25, 0.3) is 0 Å². The van der Waals surface area contributed by atoms with Gasteiger partial charge in [-0.2, -0.15) is 0 Å². The van der Waals surface area contributed by atoms with Gasteiger partial charge in [0.2, 0.25) is 0 Å². The molecule has 0 aliphatic carbocycles. The number of nitrogens with two attached hydrogens (primary N) is 1. The quantitative estimate of drug-likeness (QED) is 0.933. The maximum Gasteiger partial charge on any atom is 0.133 e. The lowest BCUT2D eigenvalue weighted by molar-refractivity contribution is 0.415. The minimum absolute atomic E-state index is 0.323. The topological polar surface area (TPSA) is 51.4 Å². The molecule has 2 N–H and O–H groups in total. The monoisotopic (exact) mass is 277 g/mol. The van der Waals surface area contributed by atoms with Gasteiger partial charge >= 0.3 is 0 Å². The van der Waals surface area contributed by atoms with Gasteiger partial charge in [-0.15, -0.1) is 0 Å². The molecule has 5 heteroatoms. The maximum atomic E-state index is 6.01. The van der Waals surface area contributed by atoms with Crippen molar-refractivity contribution in [2.75, 3.05) is 19.1 Å². The fourth-order valence-electron chi connectivity index (χ4n) is 1.74. The van der Waals surface area contributed by atoms with Crippen LogP contribution in [0.4, 0.5) is 11.5 Å². The summed E-state index contributed by atoms with van der Waals surface area (Å²) < 4.78 is 5.14. The predicted octanol–water partition coefficient (Wildman–Crippen LogP) is 2.97. The zero-order valence-electron chi connectivity index (χ0n) is 10.9. The Kier molecular flexibility index (Phi) is 4.24. The number of hydrogen-bond donors (Lipinski definition) is 1. The fourth-order valence-corrected chi connectivity index (χ4v) is 1.92. The van der Waals surface area contributed by atoms with Crippen molar-refractivity contribution in [3.8, 4) is 5.75 Å². The third kappa shape index (κ3) is 2.97. The summed E-state index contributed by atoms with van der Waals surface area (Å²) in [4.78, 5) is 6.41. The van der Waals surface area contributed by atoms with Crippen LogP contribution in [0.25, 0.3) is 0 Å². The number of aromatic nitrogens is 1. The van der Waals surface area contributed by atoms with Gasteiger partial charge in [-0.3, -0.25) is 0 Å². The van der Waals surface area contributed by atoms with Crippen LogP contribution in [-0.4, -0.2) is 19.1 Å².